The standard InChI is InChI=1S/C29H27F3O3/c1-2-17-3-5-18(6-4-17)22-12-13-23(28(32)27(22)31)19-7-9-20(10-8-19)29(33)35-25-14-11-21(15-24(25)30)26-16-34-26/h3-6,11-15,19-20,26H,2,7-10,16H2,1H3. The Morgan fingerprint density at radius 3 is 2.29 bits per heavy atom. The molecule has 1 saturated heterocycles. The average molecular weight is 481 g/mol. The van der Waals surface area contributed by atoms with Crippen LogP contribution in [0.2, 0.25) is 0 Å². The van der Waals surface area contributed by atoms with Gasteiger partial charge < -0.3 is 9.47 Å². The van der Waals surface area contributed by atoms with Crippen molar-refractivity contribution in [3.8, 4) is 16.9 Å². The topological polar surface area (TPSA) is 38.8 Å². The molecule has 1 aliphatic carbocycles. The summed E-state index contributed by atoms with van der Waals surface area (Å²) in [6.45, 7) is 2.61. The van der Waals surface area contributed by atoms with Gasteiger partial charge in [0.1, 0.15) is 6.10 Å². The minimum atomic E-state index is -0.844. The van der Waals surface area contributed by atoms with Crippen molar-refractivity contribution in [1.82, 2.24) is 0 Å². The molecule has 0 radical (unpaired) electrons. The number of aryl methyl sites for hydroxylation is 1. The molecule has 0 N–H and O–H groups in total. The number of carbonyl (C=O) groups excluding carboxylic acids is 1. The Morgan fingerprint density at radius 2 is 1.66 bits per heavy atom. The highest BCUT2D eigenvalue weighted by Gasteiger charge is 2.32. The predicted octanol–water partition coefficient (Wildman–Crippen LogP) is 7.28. The zero-order valence-corrected chi connectivity index (χ0v) is 19.5. The summed E-state index contributed by atoms with van der Waals surface area (Å²) in [7, 11) is 0. The van der Waals surface area contributed by atoms with Gasteiger partial charge in [-0.2, -0.15) is 0 Å². The van der Waals surface area contributed by atoms with E-state index in [1.54, 1.807) is 18.2 Å². The first-order valence-corrected chi connectivity index (χ1v) is 12.1. The number of halogens is 3. The van der Waals surface area contributed by atoms with Gasteiger partial charge in [-0.05, 0) is 72.4 Å². The Balaban J connectivity index is 1.22. The van der Waals surface area contributed by atoms with Crippen LogP contribution in [0.3, 0.4) is 0 Å². The third-order valence-electron chi connectivity index (χ3n) is 7.16. The summed E-state index contributed by atoms with van der Waals surface area (Å²) >= 11 is 0. The lowest BCUT2D eigenvalue weighted by molar-refractivity contribution is -0.140. The van der Waals surface area contributed by atoms with Gasteiger partial charge in [0.15, 0.2) is 23.2 Å². The molecule has 1 aliphatic heterocycles. The Bertz CT molecular complexity index is 1230. The summed E-state index contributed by atoms with van der Waals surface area (Å²) < 4.78 is 54.8. The smallest absolute Gasteiger partial charge is 0.314 e. The van der Waals surface area contributed by atoms with Crippen LogP contribution >= 0.6 is 0 Å². The zero-order chi connectivity index (χ0) is 24.5. The maximum absolute atomic E-state index is 15.0. The van der Waals surface area contributed by atoms with Gasteiger partial charge in [0.05, 0.1) is 12.5 Å². The van der Waals surface area contributed by atoms with Crippen molar-refractivity contribution in [3.05, 3.63) is 88.7 Å². The van der Waals surface area contributed by atoms with E-state index >= 15 is 4.39 Å². The van der Waals surface area contributed by atoms with Crippen LogP contribution in [0.5, 0.6) is 5.75 Å². The number of ether oxygens (including phenoxy) is 2. The fourth-order valence-electron chi connectivity index (χ4n) is 4.90. The van der Waals surface area contributed by atoms with Crippen molar-refractivity contribution in [2.24, 2.45) is 5.92 Å². The second kappa shape index (κ2) is 9.86. The van der Waals surface area contributed by atoms with Gasteiger partial charge in [-0.25, -0.2) is 13.2 Å². The summed E-state index contributed by atoms with van der Waals surface area (Å²) in [5, 5.41) is 0. The normalized spacial score (nSPS) is 21.5. The molecule has 35 heavy (non-hydrogen) atoms. The van der Waals surface area contributed by atoms with E-state index in [-0.39, 0.29) is 23.3 Å². The van der Waals surface area contributed by atoms with Crippen LogP contribution in [0.15, 0.2) is 54.6 Å². The molecular formula is C29H27F3O3. The lowest BCUT2D eigenvalue weighted by atomic mass is 9.78. The number of epoxide rings is 1. The monoisotopic (exact) mass is 480 g/mol. The number of benzene rings is 3. The van der Waals surface area contributed by atoms with Crippen LogP contribution in [0, 0.1) is 23.4 Å². The van der Waals surface area contributed by atoms with E-state index in [4.69, 9.17) is 9.47 Å². The van der Waals surface area contributed by atoms with Gasteiger partial charge in [0.2, 0.25) is 0 Å². The molecule has 6 heteroatoms. The first kappa shape index (κ1) is 23.6. The fraction of sp³-hybridized carbons (Fsp3) is 0.345. The second-order valence-electron chi connectivity index (χ2n) is 9.36. The molecule has 182 valence electrons. The summed E-state index contributed by atoms with van der Waals surface area (Å²) in [4.78, 5) is 12.6. The highest BCUT2D eigenvalue weighted by Crippen LogP contribution is 2.40. The lowest BCUT2D eigenvalue weighted by Gasteiger charge is -2.28. The van der Waals surface area contributed by atoms with Crippen molar-refractivity contribution < 1.29 is 27.4 Å². The third-order valence-corrected chi connectivity index (χ3v) is 7.16. The molecule has 2 aliphatic rings. The van der Waals surface area contributed by atoms with Gasteiger partial charge in [-0.3, -0.25) is 4.79 Å². The summed E-state index contributed by atoms with van der Waals surface area (Å²) in [6, 6.07) is 15.2. The highest BCUT2D eigenvalue weighted by atomic mass is 19.2. The Morgan fingerprint density at radius 1 is 0.943 bits per heavy atom. The van der Waals surface area contributed by atoms with E-state index in [0.29, 0.717) is 43.4 Å². The molecule has 3 aromatic rings. The molecule has 1 atom stereocenters. The first-order valence-electron chi connectivity index (χ1n) is 12.1. The molecule has 5 rings (SSSR count). The minimum absolute atomic E-state index is 0.0783. The molecule has 0 bridgehead atoms. The molecular weight excluding hydrogens is 453 g/mol. The van der Waals surface area contributed by atoms with Gasteiger partial charge in [-0.15, -0.1) is 0 Å². The summed E-state index contributed by atoms with van der Waals surface area (Å²) in [6.07, 6.45) is 2.80. The van der Waals surface area contributed by atoms with Gasteiger partial charge in [-0.1, -0.05) is 49.4 Å². The number of rotatable bonds is 6. The molecule has 0 aromatic heterocycles. The van der Waals surface area contributed by atoms with Crippen LogP contribution in [0.1, 0.15) is 61.3 Å². The molecule has 1 unspecified atom stereocenters. The van der Waals surface area contributed by atoms with E-state index in [9.17, 15) is 13.6 Å². The summed E-state index contributed by atoms with van der Waals surface area (Å²) in [5.74, 6) is -3.44. The first-order chi connectivity index (χ1) is 16.9. The maximum atomic E-state index is 15.0. The summed E-state index contributed by atoms with van der Waals surface area (Å²) in [5.41, 5.74) is 3.08. The van der Waals surface area contributed by atoms with Gasteiger partial charge in [0.25, 0.3) is 0 Å². The third kappa shape index (κ3) is 4.98. The molecule has 1 heterocycles. The van der Waals surface area contributed by atoms with Gasteiger partial charge >= 0.3 is 5.97 Å². The van der Waals surface area contributed by atoms with Crippen molar-refractivity contribution in [2.75, 3.05) is 6.61 Å². The van der Waals surface area contributed by atoms with Crippen LogP contribution in [-0.4, -0.2) is 12.6 Å². The number of esters is 1. The van der Waals surface area contributed by atoms with E-state index in [2.05, 4.69) is 0 Å². The minimum Gasteiger partial charge on any atom is -0.423 e. The van der Waals surface area contributed by atoms with Crippen molar-refractivity contribution >= 4 is 5.97 Å². The second-order valence-corrected chi connectivity index (χ2v) is 9.36. The largest absolute Gasteiger partial charge is 0.423 e. The van der Waals surface area contributed by atoms with Crippen LogP contribution in [-0.2, 0) is 16.0 Å². The van der Waals surface area contributed by atoms with Gasteiger partial charge in [0, 0.05) is 5.56 Å². The Hall–Kier alpha value is -3.12. The van der Waals surface area contributed by atoms with E-state index in [1.165, 1.54) is 12.1 Å². The van der Waals surface area contributed by atoms with E-state index < -0.39 is 29.3 Å². The average Bonchev–Trinajstić information content (AvgIpc) is 3.73. The molecule has 3 aromatic carbocycles. The number of carbonyl (C=O) groups is 1. The highest BCUT2D eigenvalue weighted by molar-refractivity contribution is 5.75. The molecule has 2 fully saturated rings. The van der Waals surface area contributed by atoms with E-state index in [0.717, 1.165) is 17.5 Å². The SMILES string of the molecule is CCc1ccc(-c2ccc(C3CCC(C(=O)Oc4ccc(C5CO5)cc4F)CC3)c(F)c2F)cc1. The van der Waals surface area contributed by atoms with Crippen molar-refractivity contribution in [3.63, 3.8) is 0 Å². The van der Waals surface area contributed by atoms with Crippen LogP contribution < -0.4 is 4.74 Å². The maximum Gasteiger partial charge on any atom is 0.314 e. The van der Waals surface area contributed by atoms with Crippen molar-refractivity contribution in [1.29, 1.82) is 0 Å². The zero-order valence-electron chi connectivity index (χ0n) is 19.5. The van der Waals surface area contributed by atoms with E-state index in [1.807, 2.05) is 31.2 Å². The fourth-order valence-corrected chi connectivity index (χ4v) is 4.90. The predicted molar refractivity (Wildman–Crippen MR) is 127 cm³/mol. The molecule has 0 spiro atoms. The Kier molecular flexibility index (Phi) is 6.65. The molecule has 3 nitrogen and oxygen atoms in total. The van der Waals surface area contributed by atoms with Crippen LogP contribution in [0.25, 0.3) is 11.1 Å². The van der Waals surface area contributed by atoms with Crippen molar-refractivity contribution in [2.45, 2.75) is 51.0 Å². The number of hydrogen-bond acceptors (Lipinski definition) is 3. The Labute approximate surface area is 202 Å². The molecule has 1 saturated carbocycles. The van der Waals surface area contributed by atoms with Crippen LogP contribution in [0.4, 0.5) is 13.2 Å². The lowest BCUT2D eigenvalue weighted by Crippen LogP contribution is -2.25. The quantitative estimate of drug-likeness (QED) is 0.211. The number of hydrogen-bond donors (Lipinski definition) is 0. The molecule has 0 amide bonds.